The van der Waals surface area contributed by atoms with Gasteiger partial charge in [0.1, 0.15) is 17.4 Å². The summed E-state index contributed by atoms with van der Waals surface area (Å²) in [6, 6.07) is 0. The summed E-state index contributed by atoms with van der Waals surface area (Å²) in [7, 11) is 0. The van der Waals surface area contributed by atoms with E-state index in [4.69, 9.17) is 29.4 Å². The Morgan fingerprint density at radius 3 is 1.86 bits per heavy atom. The van der Waals surface area contributed by atoms with Gasteiger partial charge in [-0.3, -0.25) is 0 Å². The van der Waals surface area contributed by atoms with Crippen molar-refractivity contribution in [2.24, 2.45) is 11.1 Å². The van der Waals surface area contributed by atoms with Crippen molar-refractivity contribution in [2.45, 2.75) is 157 Å². The highest BCUT2D eigenvalue weighted by molar-refractivity contribution is 5.60. The van der Waals surface area contributed by atoms with Gasteiger partial charge in [-0.2, -0.15) is 0 Å². The highest BCUT2D eigenvalue weighted by Crippen LogP contribution is 2.36. The second-order valence-electron chi connectivity index (χ2n) is 13.2. The molecule has 216 valence electrons. The zero-order chi connectivity index (χ0) is 28.6. The minimum absolute atomic E-state index is 0.128. The Kier molecular flexibility index (Phi) is 13.4. The zero-order valence-corrected chi connectivity index (χ0v) is 25.4. The van der Waals surface area contributed by atoms with Crippen LogP contribution in [0.1, 0.15) is 116 Å². The lowest BCUT2D eigenvalue weighted by Gasteiger charge is -2.42. The van der Waals surface area contributed by atoms with Crippen molar-refractivity contribution in [3.8, 4) is 0 Å². The molecule has 0 aromatic heterocycles. The minimum atomic E-state index is -0.973. The maximum absolute atomic E-state index is 12.6. The van der Waals surface area contributed by atoms with Gasteiger partial charge in [0.2, 0.25) is 0 Å². The molecule has 36 heavy (non-hydrogen) atoms. The SMILES string of the molecule is CC(C)OCCC(C)(C)OC(C)CC(C)(C)OC(=O)OC(C)CC(C)(C)C(C)(N)OCCC(C)(C)O. The van der Waals surface area contributed by atoms with Crippen LogP contribution in [0.15, 0.2) is 0 Å². The van der Waals surface area contributed by atoms with Gasteiger partial charge in [-0.25, -0.2) is 4.79 Å². The molecule has 0 spiro atoms. The minimum Gasteiger partial charge on any atom is -0.431 e. The van der Waals surface area contributed by atoms with Crippen LogP contribution in [0.4, 0.5) is 4.79 Å². The number of carbonyl (C=O) groups is 1. The third kappa shape index (κ3) is 15.4. The first-order valence-electron chi connectivity index (χ1n) is 13.3. The molecule has 0 aromatic carbocycles. The zero-order valence-electron chi connectivity index (χ0n) is 25.4. The van der Waals surface area contributed by atoms with Gasteiger partial charge < -0.3 is 34.5 Å². The molecule has 0 saturated carbocycles. The Morgan fingerprint density at radius 1 is 0.806 bits per heavy atom. The van der Waals surface area contributed by atoms with Crippen molar-refractivity contribution in [1.29, 1.82) is 0 Å². The first-order chi connectivity index (χ1) is 16.0. The number of carbonyl (C=O) groups excluding carboxylic acids is 1. The van der Waals surface area contributed by atoms with Crippen LogP contribution < -0.4 is 5.73 Å². The van der Waals surface area contributed by atoms with Crippen LogP contribution in [0.3, 0.4) is 0 Å². The van der Waals surface area contributed by atoms with Gasteiger partial charge in [0, 0.05) is 18.4 Å². The number of aliphatic hydroxyl groups is 1. The van der Waals surface area contributed by atoms with Gasteiger partial charge in [0.05, 0.1) is 30.0 Å². The third-order valence-corrected chi connectivity index (χ3v) is 6.37. The Hall–Kier alpha value is -0.930. The van der Waals surface area contributed by atoms with E-state index in [0.717, 1.165) is 6.42 Å². The molecule has 0 heterocycles. The molecule has 0 aliphatic carbocycles. The molecule has 0 aliphatic rings. The molecule has 0 radical (unpaired) electrons. The molecule has 3 unspecified atom stereocenters. The van der Waals surface area contributed by atoms with Crippen molar-refractivity contribution in [3.05, 3.63) is 0 Å². The van der Waals surface area contributed by atoms with Crippen LogP contribution in [0.2, 0.25) is 0 Å². The molecule has 0 aliphatic heterocycles. The Labute approximate surface area is 220 Å². The van der Waals surface area contributed by atoms with Gasteiger partial charge in [0.15, 0.2) is 0 Å². The van der Waals surface area contributed by atoms with E-state index in [1.54, 1.807) is 13.8 Å². The number of nitrogens with two attached hydrogens (primary N) is 1. The summed E-state index contributed by atoms with van der Waals surface area (Å²) >= 11 is 0. The largest absolute Gasteiger partial charge is 0.509 e. The summed E-state index contributed by atoms with van der Waals surface area (Å²) in [6.07, 6.45) is 1.14. The smallest absolute Gasteiger partial charge is 0.431 e. The highest BCUT2D eigenvalue weighted by atomic mass is 16.7. The third-order valence-electron chi connectivity index (χ3n) is 6.37. The Bertz CT molecular complexity index is 651. The van der Waals surface area contributed by atoms with E-state index in [9.17, 15) is 9.90 Å². The summed E-state index contributed by atoms with van der Waals surface area (Å²) in [5, 5.41) is 9.91. The van der Waals surface area contributed by atoms with Gasteiger partial charge in [-0.1, -0.05) is 13.8 Å². The average Bonchev–Trinajstić information content (AvgIpc) is 2.56. The van der Waals surface area contributed by atoms with Crippen molar-refractivity contribution in [2.75, 3.05) is 13.2 Å². The Morgan fingerprint density at radius 2 is 1.36 bits per heavy atom. The molecule has 0 amide bonds. The average molecular weight is 520 g/mol. The lowest BCUT2D eigenvalue weighted by atomic mass is 9.77. The Balaban J connectivity index is 4.75. The van der Waals surface area contributed by atoms with Crippen LogP contribution >= 0.6 is 0 Å². The van der Waals surface area contributed by atoms with E-state index in [-0.39, 0.29) is 17.8 Å². The summed E-state index contributed by atoms with van der Waals surface area (Å²) in [4.78, 5) is 12.6. The lowest BCUT2D eigenvalue weighted by Crippen LogP contribution is -2.54. The van der Waals surface area contributed by atoms with E-state index in [0.29, 0.717) is 32.5 Å². The summed E-state index contributed by atoms with van der Waals surface area (Å²) in [5.41, 5.74) is 3.04. The van der Waals surface area contributed by atoms with Gasteiger partial charge >= 0.3 is 6.16 Å². The number of hydrogen-bond donors (Lipinski definition) is 2. The maximum atomic E-state index is 12.6. The van der Waals surface area contributed by atoms with Gasteiger partial charge in [-0.05, 0) is 95.4 Å². The predicted molar refractivity (Wildman–Crippen MR) is 144 cm³/mol. The van der Waals surface area contributed by atoms with Crippen LogP contribution in [0.5, 0.6) is 0 Å². The molecule has 8 nitrogen and oxygen atoms in total. The van der Waals surface area contributed by atoms with Crippen LogP contribution in [-0.2, 0) is 23.7 Å². The van der Waals surface area contributed by atoms with Crippen LogP contribution in [-0.4, -0.2) is 65.3 Å². The molecule has 3 N–H and O–H groups in total. The second kappa shape index (κ2) is 13.7. The fraction of sp³-hybridized carbons (Fsp3) is 0.964. The van der Waals surface area contributed by atoms with Crippen LogP contribution in [0, 0.1) is 5.41 Å². The second-order valence-corrected chi connectivity index (χ2v) is 13.2. The topological polar surface area (TPSA) is 109 Å². The molecule has 0 fully saturated rings. The predicted octanol–water partition coefficient (Wildman–Crippen LogP) is 5.96. The fourth-order valence-electron chi connectivity index (χ4n) is 4.00. The number of ether oxygens (including phenoxy) is 5. The molecular weight excluding hydrogens is 462 g/mol. The monoisotopic (exact) mass is 519 g/mol. The molecule has 0 saturated heterocycles. The summed E-state index contributed by atoms with van der Waals surface area (Å²) in [6.45, 7) is 25.8. The quantitative estimate of drug-likeness (QED) is 0.179. The first kappa shape index (κ1) is 35.1. The van der Waals surface area contributed by atoms with E-state index in [1.165, 1.54) is 0 Å². The first-order valence-corrected chi connectivity index (χ1v) is 13.3. The van der Waals surface area contributed by atoms with Crippen molar-refractivity contribution < 1.29 is 33.6 Å². The van der Waals surface area contributed by atoms with Crippen molar-refractivity contribution in [1.82, 2.24) is 0 Å². The summed E-state index contributed by atoms with van der Waals surface area (Å²) < 4.78 is 29.0. The molecule has 0 rings (SSSR count). The number of hydrogen-bond acceptors (Lipinski definition) is 8. The van der Waals surface area contributed by atoms with E-state index in [1.807, 2.05) is 76.2 Å². The molecule has 0 bridgehead atoms. The van der Waals surface area contributed by atoms with Gasteiger partial charge in [-0.15, -0.1) is 0 Å². The molecule has 3 atom stereocenters. The van der Waals surface area contributed by atoms with Crippen molar-refractivity contribution >= 4 is 6.16 Å². The lowest BCUT2D eigenvalue weighted by molar-refractivity contribution is -0.134. The molecule has 8 heteroatoms. The molecular formula is C28H57NO7. The summed E-state index contributed by atoms with van der Waals surface area (Å²) in [5.74, 6) is 0. The van der Waals surface area contributed by atoms with Crippen molar-refractivity contribution in [3.63, 3.8) is 0 Å². The van der Waals surface area contributed by atoms with E-state index in [2.05, 4.69) is 0 Å². The molecule has 0 aromatic rings. The van der Waals surface area contributed by atoms with E-state index >= 15 is 0 Å². The number of rotatable bonds is 17. The maximum Gasteiger partial charge on any atom is 0.509 e. The standard InChI is InChI=1S/C28H57NO7/c1-20(2)32-16-15-26(9,10)35-22(4)19-27(11,12)36-23(30)34-21(3)18-24(5,6)28(13,29)33-17-14-25(7,8)31/h20-22,31H,14-19,29H2,1-13H3. The van der Waals surface area contributed by atoms with Crippen LogP contribution in [0.25, 0.3) is 0 Å². The normalized spacial score (nSPS) is 17.0. The van der Waals surface area contributed by atoms with Gasteiger partial charge in [0.25, 0.3) is 0 Å². The van der Waals surface area contributed by atoms with E-state index < -0.39 is 34.6 Å². The fourth-order valence-corrected chi connectivity index (χ4v) is 4.00. The highest BCUT2D eigenvalue weighted by Gasteiger charge is 2.41.